The Labute approximate surface area is 184 Å². The SMILES string of the molecule is COc1ccc(C(C)NC(=O)C2CCN(c3cncnc3N3CCCCC3)CC2)cc1. The molecule has 1 atom stereocenters. The molecule has 0 saturated carbocycles. The fourth-order valence-corrected chi connectivity index (χ4v) is 4.58. The van der Waals surface area contributed by atoms with Gasteiger partial charge in [0.05, 0.1) is 25.0 Å². The molecule has 7 nitrogen and oxygen atoms in total. The molecular weight excluding hydrogens is 390 g/mol. The highest BCUT2D eigenvalue weighted by Crippen LogP contribution is 2.31. The zero-order valence-corrected chi connectivity index (χ0v) is 18.6. The van der Waals surface area contributed by atoms with Crippen LogP contribution in [0.2, 0.25) is 0 Å². The zero-order chi connectivity index (χ0) is 21.6. The van der Waals surface area contributed by atoms with Gasteiger partial charge in [-0.3, -0.25) is 4.79 Å². The molecule has 0 spiro atoms. The van der Waals surface area contributed by atoms with Gasteiger partial charge < -0.3 is 19.9 Å². The second kappa shape index (κ2) is 9.98. The van der Waals surface area contributed by atoms with Gasteiger partial charge in [0.1, 0.15) is 12.1 Å². The third-order valence-electron chi connectivity index (χ3n) is 6.51. The van der Waals surface area contributed by atoms with Crippen molar-refractivity contribution in [1.29, 1.82) is 0 Å². The van der Waals surface area contributed by atoms with Crippen LogP contribution in [0.1, 0.15) is 50.6 Å². The van der Waals surface area contributed by atoms with Gasteiger partial charge >= 0.3 is 0 Å². The molecule has 3 heterocycles. The number of piperidine rings is 2. The van der Waals surface area contributed by atoms with Crippen LogP contribution in [-0.2, 0) is 4.79 Å². The van der Waals surface area contributed by atoms with Gasteiger partial charge in [-0.05, 0) is 56.7 Å². The number of methoxy groups -OCH3 is 1. The van der Waals surface area contributed by atoms with Crippen molar-refractivity contribution in [3.8, 4) is 5.75 Å². The van der Waals surface area contributed by atoms with Gasteiger partial charge in [-0.25, -0.2) is 9.97 Å². The van der Waals surface area contributed by atoms with Crippen LogP contribution in [0, 0.1) is 5.92 Å². The first-order valence-electron chi connectivity index (χ1n) is 11.4. The van der Waals surface area contributed by atoms with Crippen LogP contribution in [0.3, 0.4) is 0 Å². The fourth-order valence-electron chi connectivity index (χ4n) is 4.58. The van der Waals surface area contributed by atoms with Gasteiger partial charge in [0, 0.05) is 32.1 Å². The summed E-state index contributed by atoms with van der Waals surface area (Å²) < 4.78 is 5.21. The lowest BCUT2D eigenvalue weighted by Gasteiger charge is -2.36. The zero-order valence-electron chi connectivity index (χ0n) is 18.6. The summed E-state index contributed by atoms with van der Waals surface area (Å²) in [6.07, 6.45) is 9.00. The molecule has 7 heteroatoms. The molecule has 1 aromatic heterocycles. The summed E-state index contributed by atoms with van der Waals surface area (Å²) in [5.41, 5.74) is 2.19. The number of carbonyl (C=O) groups excluding carboxylic acids is 1. The van der Waals surface area contributed by atoms with Gasteiger partial charge in [-0.1, -0.05) is 12.1 Å². The van der Waals surface area contributed by atoms with E-state index in [-0.39, 0.29) is 17.9 Å². The van der Waals surface area contributed by atoms with Gasteiger partial charge in [0.25, 0.3) is 0 Å². The van der Waals surface area contributed by atoms with Crippen LogP contribution in [0.15, 0.2) is 36.8 Å². The first-order chi connectivity index (χ1) is 15.2. The Balaban J connectivity index is 1.34. The van der Waals surface area contributed by atoms with E-state index < -0.39 is 0 Å². The second-order valence-electron chi connectivity index (χ2n) is 8.54. The minimum absolute atomic E-state index is 0.0235. The lowest BCUT2D eigenvalue weighted by molar-refractivity contribution is -0.126. The number of ether oxygens (including phenoxy) is 1. The lowest BCUT2D eigenvalue weighted by Crippen LogP contribution is -2.42. The summed E-state index contributed by atoms with van der Waals surface area (Å²) in [5.74, 6) is 2.05. The monoisotopic (exact) mass is 423 g/mol. The molecule has 2 aliphatic rings. The molecule has 2 aliphatic heterocycles. The number of benzene rings is 1. The average molecular weight is 424 g/mol. The van der Waals surface area contributed by atoms with Crippen molar-refractivity contribution in [2.45, 2.75) is 45.1 Å². The van der Waals surface area contributed by atoms with Crippen molar-refractivity contribution >= 4 is 17.4 Å². The molecule has 1 N–H and O–H groups in total. The third kappa shape index (κ3) is 5.09. The predicted molar refractivity (Wildman–Crippen MR) is 123 cm³/mol. The van der Waals surface area contributed by atoms with Crippen LogP contribution >= 0.6 is 0 Å². The quantitative estimate of drug-likeness (QED) is 0.766. The van der Waals surface area contributed by atoms with Crippen LogP contribution in [-0.4, -0.2) is 49.2 Å². The highest BCUT2D eigenvalue weighted by Gasteiger charge is 2.28. The van der Waals surface area contributed by atoms with Crippen LogP contribution < -0.4 is 19.9 Å². The van der Waals surface area contributed by atoms with Crippen molar-refractivity contribution in [2.75, 3.05) is 43.1 Å². The molecule has 31 heavy (non-hydrogen) atoms. The van der Waals surface area contributed by atoms with E-state index in [1.54, 1.807) is 13.4 Å². The summed E-state index contributed by atoms with van der Waals surface area (Å²) in [6, 6.07) is 7.84. The Kier molecular flexibility index (Phi) is 6.89. The Morgan fingerprint density at radius 3 is 2.45 bits per heavy atom. The van der Waals surface area contributed by atoms with E-state index in [2.05, 4.69) is 25.1 Å². The van der Waals surface area contributed by atoms with Gasteiger partial charge in [-0.2, -0.15) is 0 Å². The van der Waals surface area contributed by atoms with Crippen molar-refractivity contribution in [3.63, 3.8) is 0 Å². The Morgan fingerprint density at radius 1 is 1.06 bits per heavy atom. The number of nitrogens with one attached hydrogen (secondary N) is 1. The highest BCUT2D eigenvalue weighted by molar-refractivity contribution is 5.79. The maximum atomic E-state index is 12.9. The summed E-state index contributed by atoms with van der Waals surface area (Å²) in [7, 11) is 1.66. The number of rotatable bonds is 6. The molecular formula is C24H33N5O2. The molecule has 1 aromatic carbocycles. The van der Waals surface area contributed by atoms with Crippen LogP contribution in [0.4, 0.5) is 11.5 Å². The van der Waals surface area contributed by atoms with E-state index in [0.717, 1.165) is 61.8 Å². The van der Waals surface area contributed by atoms with E-state index >= 15 is 0 Å². The first-order valence-corrected chi connectivity index (χ1v) is 11.4. The molecule has 0 aliphatic carbocycles. The third-order valence-corrected chi connectivity index (χ3v) is 6.51. The van der Waals surface area contributed by atoms with Gasteiger partial charge in [0.2, 0.25) is 5.91 Å². The Morgan fingerprint density at radius 2 is 1.77 bits per heavy atom. The van der Waals surface area contributed by atoms with E-state index in [1.165, 1.54) is 19.3 Å². The summed E-state index contributed by atoms with van der Waals surface area (Å²) >= 11 is 0. The summed E-state index contributed by atoms with van der Waals surface area (Å²) in [6.45, 7) is 5.85. The standard InChI is InChI=1S/C24H33N5O2/c1-18(19-6-8-21(31-2)9-7-19)27-24(30)20-10-14-28(15-11-20)22-16-25-17-26-23(22)29-12-4-3-5-13-29/h6-9,16-18,20H,3-5,10-15H2,1-2H3,(H,27,30). The molecule has 2 aromatic rings. The predicted octanol–water partition coefficient (Wildman–Crippen LogP) is 3.57. The van der Waals surface area contributed by atoms with Gasteiger partial charge in [0.15, 0.2) is 5.82 Å². The van der Waals surface area contributed by atoms with Crippen LogP contribution in [0.5, 0.6) is 5.75 Å². The maximum absolute atomic E-state index is 12.9. The number of anilines is 2. The second-order valence-corrected chi connectivity index (χ2v) is 8.54. The van der Waals surface area contributed by atoms with Crippen LogP contribution in [0.25, 0.3) is 0 Å². The molecule has 2 fully saturated rings. The maximum Gasteiger partial charge on any atom is 0.223 e. The van der Waals surface area contributed by atoms with E-state index in [0.29, 0.717) is 0 Å². The number of amides is 1. The normalized spacial score (nSPS) is 18.5. The average Bonchev–Trinajstić information content (AvgIpc) is 2.84. The van der Waals surface area contributed by atoms with E-state index in [4.69, 9.17) is 4.74 Å². The topological polar surface area (TPSA) is 70.6 Å². The lowest BCUT2D eigenvalue weighted by atomic mass is 9.95. The first kappa shape index (κ1) is 21.4. The summed E-state index contributed by atoms with van der Waals surface area (Å²) in [4.78, 5) is 26.5. The number of hydrogen-bond acceptors (Lipinski definition) is 6. The minimum atomic E-state index is -0.0235. The van der Waals surface area contributed by atoms with E-state index in [1.807, 2.05) is 37.4 Å². The van der Waals surface area contributed by atoms with E-state index in [9.17, 15) is 4.79 Å². The Hall–Kier alpha value is -2.83. The number of carbonyl (C=O) groups is 1. The molecule has 2 saturated heterocycles. The molecule has 1 amide bonds. The molecule has 0 bridgehead atoms. The van der Waals surface area contributed by atoms with Crippen molar-refractivity contribution < 1.29 is 9.53 Å². The fraction of sp³-hybridized carbons (Fsp3) is 0.542. The molecule has 4 rings (SSSR count). The largest absolute Gasteiger partial charge is 0.497 e. The number of aromatic nitrogens is 2. The van der Waals surface area contributed by atoms with Crippen molar-refractivity contribution in [2.24, 2.45) is 5.92 Å². The number of nitrogens with zero attached hydrogens (tertiary/aromatic N) is 4. The summed E-state index contributed by atoms with van der Waals surface area (Å²) in [5, 5.41) is 3.19. The smallest absolute Gasteiger partial charge is 0.223 e. The highest BCUT2D eigenvalue weighted by atomic mass is 16.5. The Bertz CT molecular complexity index is 859. The number of hydrogen-bond donors (Lipinski definition) is 1. The van der Waals surface area contributed by atoms with Crippen molar-refractivity contribution in [3.05, 3.63) is 42.4 Å². The van der Waals surface area contributed by atoms with Gasteiger partial charge in [-0.15, -0.1) is 0 Å². The molecule has 1 unspecified atom stereocenters. The molecule has 166 valence electrons. The minimum Gasteiger partial charge on any atom is -0.497 e. The molecule has 0 radical (unpaired) electrons. The van der Waals surface area contributed by atoms with Crippen molar-refractivity contribution in [1.82, 2.24) is 15.3 Å².